The highest BCUT2D eigenvalue weighted by atomic mass is 32.1. The van der Waals surface area contributed by atoms with Crippen LogP contribution in [0.1, 0.15) is 9.67 Å². The van der Waals surface area contributed by atoms with Gasteiger partial charge in [-0.05, 0) is 48.5 Å². The molecule has 0 saturated carbocycles. The molecule has 5 aromatic rings. The van der Waals surface area contributed by atoms with Crippen molar-refractivity contribution < 1.29 is 14.3 Å². The first kappa shape index (κ1) is 19.5. The first-order valence-electron chi connectivity index (χ1n) is 9.42. The number of carbonyl (C=O) groups is 1. The summed E-state index contributed by atoms with van der Waals surface area (Å²) in [6, 6.07) is 17.3. The van der Waals surface area contributed by atoms with Crippen LogP contribution < -0.4 is 14.8 Å². The Balaban J connectivity index is 1.38. The van der Waals surface area contributed by atoms with Gasteiger partial charge in [-0.2, -0.15) is 0 Å². The standard InChI is InChI=1S/C23H17N3O3S2/c1-28-16-6-3-13(4-7-16)19-12-30-23(25-19)26-21(27)20-10-15-9-14-5-8-17(29-2)11-18(14)24-22(15)31-20/h3-12H,1-2H3,(H,25,26,27). The van der Waals surface area contributed by atoms with Gasteiger partial charge in [-0.1, -0.05) is 0 Å². The van der Waals surface area contributed by atoms with Gasteiger partial charge in [-0.25, -0.2) is 9.97 Å². The molecule has 0 spiro atoms. The smallest absolute Gasteiger partial charge is 0.267 e. The van der Waals surface area contributed by atoms with Gasteiger partial charge in [0.05, 0.1) is 30.3 Å². The van der Waals surface area contributed by atoms with E-state index in [1.807, 2.05) is 60.0 Å². The van der Waals surface area contributed by atoms with Crippen molar-refractivity contribution in [1.82, 2.24) is 9.97 Å². The lowest BCUT2D eigenvalue weighted by atomic mass is 10.2. The average molecular weight is 448 g/mol. The van der Waals surface area contributed by atoms with Gasteiger partial charge in [0.2, 0.25) is 0 Å². The molecule has 1 N–H and O–H groups in total. The number of fused-ring (bicyclic) bond motifs is 2. The molecule has 1 amide bonds. The molecule has 0 aliphatic heterocycles. The zero-order valence-electron chi connectivity index (χ0n) is 16.7. The third-order valence-corrected chi connectivity index (χ3v) is 6.65. The molecule has 0 atom stereocenters. The number of amides is 1. The van der Waals surface area contributed by atoms with Crippen LogP contribution in [0.3, 0.4) is 0 Å². The number of anilines is 1. The van der Waals surface area contributed by atoms with Crippen LogP contribution in [0.25, 0.3) is 32.4 Å². The minimum absolute atomic E-state index is 0.194. The summed E-state index contributed by atoms with van der Waals surface area (Å²) in [5, 5.41) is 7.31. The topological polar surface area (TPSA) is 73.3 Å². The molecule has 3 aromatic heterocycles. The minimum Gasteiger partial charge on any atom is -0.497 e. The maximum absolute atomic E-state index is 12.8. The molecule has 0 radical (unpaired) electrons. The Bertz CT molecular complexity index is 1410. The second-order valence-corrected chi connectivity index (χ2v) is 8.66. The van der Waals surface area contributed by atoms with Gasteiger partial charge >= 0.3 is 0 Å². The van der Waals surface area contributed by atoms with Crippen LogP contribution in [0.2, 0.25) is 0 Å². The van der Waals surface area contributed by atoms with Gasteiger partial charge in [-0.3, -0.25) is 10.1 Å². The average Bonchev–Trinajstić information content (AvgIpc) is 3.44. The van der Waals surface area contributed by atoms with Crippen LogP contribution in [0.4, 0.5) is 5.13 Å². The number of benzene rings is 2. The Hall–Kier alpha value is -3.49. The Labute approximate surface area is 186 Å². The molecule has 0 fully saturated rings. The number of nitrogens with one attached hydrogen (secondary N) is 1. The van der Waals surface area contributed by atoms with Gasteiger partial charge in [-0.15, -0.1) is 22.7 Å². The van der Waals surface area contributed by atoms with Crippen LogP contribution in [-0.2, 0) is 0 Å². The van der Waals surface area contributed by atoms with Crippen molar-refractivity contribution in [3.05, 3.63) is 64.9 Å². The highest BCUT2D eigenvalue weighted by Crippen LogP contribution is 2.31. The first-order chi connectivity index (χ1) is 15.1. The van der Waals surface area contributed by atoms with E-state index in [2.05, 4.69) is 15.3 Å². The van der Waals surface area contributed by atoms with Crippen molar-refractivity contribution in [2.75, 3.05) is 19.5 Å². The molecule has 5 rings (SSSR count). The van der Waals surface area contributed by atoms with Crippen molar-refractivity contribution >= 4 is 54.8 Å². The number of aromatic nitrogens is 2. The maximum atomic E-state index is 12.8. The number of ether oxygens (including phenoxy) is 2. The largest absolute Gasteiger partial charge is 0.497 e. The monoisotopic (exact) mass is 447 g/mol. The minimum atomic E-state index is -0.194. The normalized spacial score (nSPS) is 11.0. The summed E-state index contributed by atoms with van der Waals surface area (Å²) in [5.74, 6) is 1.35. The van der Waals surface area contributed by atoms with Crippen LogP contribution in [-0.4, -0.2) is 30.1 Å². The van der Waals surface area contributed by atoms with Gasteiger partial charge in [0.15, 0.2) is 5.13 Å². The predicted octanol–water partition coefficient (Wildman–Crippen LogP) is 5.84. The predicted molar refractivity (Wildman–Crippen MR) is 126 cm³/mol. The van der Waals surface area contributed by atoms with Crippen molar-refractivity contribution in [2.24, 2.45) is 0 Å². The van der Waals surface area contributed by atoms with E-state index in [4.69, 9.17) is 9.47 Å². The highest BCUT2D eigenvalue weighted by Gasteiger charge is 2.14. The van der Waals surface area contributed by atoms with Gasteiger partial charge in [0, 0.05) is 27.8 Å². The quantitative estimate of drug-likeness (QED) is 0.366. The second kappa shape index (κ2) is 7.98. The number of hydrogen-bond acceptors (Lipinski definition) is 7. The van der Waals surface area contributed by atoms with Crippen LogP contribution >= 0.6 is 22.7 Å². The van der Waals surface area contributed by atoms with E-state index in [1.54, 1.807) is 14.2 Å². The number of nitrogens with zero attached hydrogens (tertiary/aromatic N) is 2. The molecule has 31 heavy (non-hydrogen) atoms. The van der Waals surface area contributed by atoms with E-state index >= 15 is 0 Å². The summed E-state index contributed by atoms with van der Waals surface area (Å²) in [7, 11) is 3.26. The molecule has 2 aromatic carbocycles. The Morgan fingerprint density at radius 1 is 0.903 bits per heavy atom. The van der Waals surface area contributed by atoms with Gasteiger partial charge < -0.3 is 9.47 Å². The molecule has 3 heterocycles. The number of methoxy groups -OCH3 is 2. The van der Waals surface area contributed by atoms with E-state index in [-0.39, 0.29) is 5.91 Å². The zero-order chi connectivity index (χ0) is 21.4. The maximum Gasteiger partial charge on any atom is 0.267 e. The van der Waals surface area contributed by atoms with E-state index in [0.717, 1.165) is 43.9 Å². The third kappa shape index (κ3) is 3.83. The third-order valence-electron chi connectivity index (χ3n) is 4.85. The Morgan fingerprint density at radius 3 is 2.45 bits per heavy atom. The van der Waals surface area contributed by atoms with Crippen molar-refractivity contribution in [1.29, 1.82) is 0 Å². The van der Waals surface area contributed by atoms with Crippen molar-refractivity contribution in [3.8, 4) is 22.8 Å². The molecule has 6 nitrogen and oxygen atoms in total. The summed E-state index contributed by atoms with van der Waals surface area (Å²) in [5.41, 5.74) is 2.61. The molecule has 0 aliphatic rings. The molecule has 0 aliphatic carbocycles. The van der Waals surface area contributed by atoms with E-state index in [0.29, 0.717) is 10.0 Å². The number of thiophene rings is 1. The van der Waals surface area contributed by atoms with Crippen LogP contribution in [0, 0.1) is 0 Å². The lowest BCUT2D eigenvalue weighted by molar-refractivity contribution is 0.103. The van der Waals surface area contributed by atoms with Crippen LogP contribution in [0.5, 0.6) is 11.5 Å². The van der Waals surface area contributed by atoms with E-state index < -0.39 is 0 Å². The molecule has 0 bridgehead atoms. The van der Waals surface area contributed by atoms with Gasteiger partial charge in [0.25, 0.3) is 5.91 Å². The lowest BCUT2D eigenvalue weighted by Gasteiger charge is -2.01. The number of pyridine rings is 1. The second-order valence-electron chi connectivity index (χ2n) is 6.77. The van der Waals surface area contributed by atoms with E-state index in [9.17, 15) is 4.79 Å². The fourth-order valence-electron chi connectivity index (χ4n) is 3.23. The molecular weight excluding hydrogens is 430 g/mol. The van der Waals surface area contributed by atoms with E-state index in [1.165, 1.54) is 22.7 Å². The number of rotatable bonds is 5. The summed E-state index contributed by atoms with van der Waals surface area (Å²) < 4.78 is 10.5. The fourth-order valence-corrected chi connectivity index (χ4v) is 4.86. The lowest BCUT2D eigenvalue weighted by Crippen LogP contribution is -2.09. The summed E-state index contributed by atoms with van der Waals surface area (Å²) in [6.45, 7) is 0. The molecule has 154 valence electrons. The van der Waals surface area contributed by atoms with Gasteiger partial charge in [0.1, 0.15) is 16.3 Å². The fraction of sp³-hybridized carbons (Fsp3) is 0.0870. The SMILES string of the molecule is COc1ccc(-c2csc(NC(=O)c3cc4cc5ccc(OC)cc5nc4s3)n2)cc1. The molecular formula is C23H17N3O3S2. The Morgan fingerprint density at radius 2 is 1.68 bits per heavy atom. The zero-order valence-corrected chi connectivity index (χ0v) is 18.3. The number of carbonyl (C=O) groups excluding carboxylic acids is 1. The number of hydrogen-bond donors (Lipinski definition) is 1. The highest BCUT2D eigenvalue weighted by molar-refractivity contribution is 7.20. The first-order valence-corrected chi connectivity index (χ1v) is 11.1. The summed E-state index contributed by atoms with van der Waals surface area (Å²) in [4.78, 5) is 23.4. The Kier molecular flexibility index (Phi) is 5.01. The van der Waals surface area contributed by atoms with Crippen molar-refractivity contribution in [2.45, 2.75) is 0 Å². The number of thiazole rings is 1. The molecule has 8 heteroatoms. The summed E-state index contributed by atoms with van der Waals surface area (Å²) >= 11 is 2.75. The summed E-state index contributed by atoms with van der Waals surface area (Å²) in [6.07, 6.45) is 0. The van der Waals surface area contributed by atoms with Crippen molar-refractivity contribution in [3.63, 3.8) is 0 Å². The molecule has 0 saturated heterocycles. The van der Waals surface area contributed by atoms with Crippen LogP contribution in [0.15, 0.2) is 60.0 Å². The molecule has 0 unspecified atom stereocenters.